The first-order valence-electron chi connectivity index (χ1n) is 4.67. The van der Waals surface area contributed by atoms with E-state index in [1.165, 1.54) is 0 Å². The van der Waals surface area contributed by atoms with Gasteiger partial charge in [0.25, 0.3) is 0 Å². The van der Waals surface area contributed by atoms with Gasteiger partial charge < -0.3 is 4.52 Å². The van der Waals surface area contributed by atoms with Crippen LogP contribution in [0, 0.1) is 0 Å². The number of rotatable bonds is 3. The minimum absolute atomic E-state index is 0.110. The van der Waals surface area contributed by atoms with Crippen LogP contribution in [0.5, 0.6) is 0 Å². The molecular weight excluding hydrogens is 228 g/mol. The number of aromatic nitrogens is 1. The van der Waals surface area contributed by atoms with Gasteiger partial charge in [0.2, 0.25) is 11.8 Å². The summed E-state index contributed by atoms with van der Waals surface area (Å²) in [5, 5.41) is 6.32. The molecule has 1 heterocycles. The van der Waals surface area contributed by atoms with Crippen LogP contribution < -0.4 is 5.32 Å². The Balaban J connectivity index is 2.17. The van der Waals surface area contributed by atoms with Gasteiger partial charge in [0.05, 0.1) is 0 Å². The van der Waals surface area contributed by atoms with E-state index in [4.69, 9.17) is 16.1 Å². The molecule has 0 atom stereocenters. The van der Waals surface area contributed by atoms with Crippen molar-refractivity contribution in [2.75, 3.05) is 11.2 Å². The van der Waals surface area contributed by atoms with Crippen LogP contribution in [0.25, 0.3) is 11.3 Å². The highest BCUT2D eigenvalue weighted by atomic mass is 35.5. The van der Waals surface area contributed by atoms with Crippen molar-refractivity contribution in [1.82, 2.24) is 5.16 Å². The molecule has 82 valence electrons. The van der Waals surface area contributed by atoms with Crippen molar-refractivity contribution in [2.24, 2.45) is 0 Å². The van der Waals surface area contributed by atoms with E-state index in [-0.39, 0.29) is 11.8 Å². The molecule has 0 saturated carbocycles. The first-order valence-corrected chi connectivity index (χ1v) is 5.21. The molecule has 0 aliphatic carbocycles. The molecule has 1 N–H and O–H groups in total. The van der Waals surface area contributed by atoms with E-state index in [9.17, 15) is 4.79 Å². The van der Waals surface area contributed by atoms with Gasteiger partial charge in [-0.1, -0.05) is 35.5 Å². The van der Waals surface area contributed by atoms with Crippen molar-refractivity contribution >= 4 is 23.4 Å². The van der Waals surface area contributed by atoms with E-state index in [0.717, 1.165) is 5.56 Å². The van der Waals surface area contributed by atoms with E-state index < -0.39 is 0 Å². The van der Waals surface area contributed by atoms with Crippen molar-refractivity contribution in [3.05, 3.63) is 36.4 Å². The number of amides is 1. The Morgan fingerprint density at radius 2 is 2.12 bits per heavy atom. The van der Waals surface area contributed by atoms with E-state index >= 15 is 0 Å². The molecule has 5 heteroatoms. The van der Waals surface area contributed by atoms with E-state index in [1.54, 1.807) is 6.07 Å². The lowest BCUT2D eigenvalue weighted by molar-refractivity contribution is -0.114. The molecule has 2 rings (SSSR count). The molecule has 1 amide bonds. The third kappa shape index (κ3) is 2.41. The number of benzene rings is 1. The third-order valence-corrected chi connectivity index (χ3v) is 2.21. The molecule has 0 unspecified atom stereocenters. The van der Waals surface area contributed by atoms with Gasteiger partial charge in [0.1, 0.15) is 11.6 Å². The lowest BCUT2D eigenvalue weighted by Crippen LogP contribution is -2.11. The Bertz CT molecular complexity index is 482. The lowest BCUT2D eigenvalue weighted by atomic mass is 10.2. The lowest BCUT2D eigenvalue weighted by Gasteiger charge is -1.94. The molecule has 0 spiro atoms. The van der Waals surface area contributed by atoms with Gasteiger partial charge in [0, 0.05) is 11.6 Å². The zero-order chi connectivity index (χ0) is 11.4. The Hall–Kier alpha value is -1.81. The summed E-state index contributed by atoms with van der Waals surface area (Å²) in [5.74, 6) is -0.136. The second-order valence-electron chi connectivity index (χ2n) is 3.12. The standard InChI is InChI=1S/C11H9ClN2O2/c12-7-10(15)13-11-6-9(14-16-11)8-4-2-1-3-5-8/h1-6H,7H2,(H,13,15). The third-order valence-electron chi connectivity index (χ3n) is 1.96. The van der Waals surface area contributed by atoms with Crippen molar-refractivity contribution in [3.8, 4) is 11.3 Å². The molecule has 1 aromatic carbocycles. The zero-order valence-corrected chi connectivity index (χ0v) is 9.07. The largest absolute Gasteiger partial charge is 0.338 e. The maximum absolute atomic E-state index is 11.0. The number of alkyl halides is 1. The second-order valence-corrected chi connectivity index (χ2v) is 3.39. The fraction of sp³-hybridized carbons (Fsp3) is 0.0909. The highest BCUT2D eigenvalue weighted by Crippen LogP contribution is 2.20. The predicted molar refractivity (Wildman–Crippen MR) is 61.3 cm³/mol. The van der Waals surface area contributed by atoms with Crippen molar-refractivity contribution in [2.45, 2.75) is 0 Å². The van der Waals surface area contributed by atoms with E-state index in [0.29, 0.717) is 11.6 Å². The van der Waals surface area contributed by atoms with Gasteiger partial charge in [0.15, 0.2) is 0 Å². The van der Waals surface area contributed by atoms with Gasteiger partial charge in [-0.25, -0.2) is 0 Å². The summed E-state index contributed by atoms with van der Waals surface area (Å²) >= 11 is 5.35. The van der Waals surface area contributed by atoms with Crippen LogP contribution in [0.1, 0.15) is 0 Å². The van der Waals surface area contributed by atoms with E-state index in [2.05, 4.69) is 10.5 Å². The molecule has 1 aromatic heterocycles. The van der Waals surface area contributed by atoms with Crippen LogP contribution in [0.3, 0.4) is 0 Å². The molecule has 16 heavy (non-hydrogen) atoms. The summed E-state index contributed by atoms with van der Waals surface area (Å²) < 4.78 is 4.95. The van der Waals surface area contributed by atoms with Crippen LogP contribution >= 0.6 is 11.6 Å². The number of anilines is 1. The van der Waals surface area contributed by atoms with Gasteiger partial charge in [-0.3, -0.25) is 10.1 Å². The maximum atomic E-state index is 11.0. The van der Waals surface area contributed by atoms with Gasteiger partial charge in [-0.15, -0.1) is 11.6 Å². The van der Waals surface area contributed by atoms with Crippen LogP contribution in [0.2, 0.25) is 0 Å². The predicted octanol–water partition coefficient (Wildman–Crippen LogP) is 2.52. The molecule has 0 aliphatic heterocycles. The summed E-state index contributed by atoms with van der Waals surface area (Å²) in [4.78, 5) is 11.0. The highest BCUT2D eigenvalue weighted by molar-refractivity contribution is 6.28. The Morgan fingerprint density at radius 3 is 2.81 bits per heavy atom. The average molecular weight is 237 g/mol. The van der Waals surface area contributed by atoms with Gasteiger partial charge in [-0.05, 0) is 0 Å². The number of halogens is 1. The molecule has 4 nitrogen and oxygen atoms in total. The Morgan fingerprint density at radius 1 is 1.38 bits per heavy atom. The fourth-order valence-corrected chi connectivity index (χ4v) is 1.32. The van der Waals surface area contributed by atoms with Gasteiger partial charge >= 0.3 is 0 Å². The highest BCUT2D eigenvalue weighted by Gasteiger charge is 2.08. The topological polar surface area (TPSA) is 55.1 Å². The molecule has 0 aliphatic rings. The Kier molecular flexibility index (Phi) is 3.22. The molecular formula is C11H9ClN2O2. The van der Waals surface area contributed by atoms with Crippen LogP contribution in [-0.4, -0.2) is 16.9 Å². The minimum atomic E-state index is -0.322. The van der Waals surface area contributed by atoms with E-state index in [1.807, 2.05) is 30.3 Å². The second kappa shape index (κ2) is 4.81. The van der Waals surface area contributed by atoms with Crippen molar-refractivity contribution in [1.29, 1.82) is 0 Å². The maximum Gasteiger partial charge on any atom is 0.241 e. The summed E-state index contributed by atoms with van der Waals surface area (Å²) in [6.45, 7) is 0. The average Bonchev–Trinajstić information content (AvgIpc) is 2.78. The van der Waals surface area contributed by atoms with Crippen molar-refractivity contribution < 1.29 is 9.32 Å². The summed E-state index contributed by atoms with van der Waals surface area (Å²) in [6.07, 6.45) is 0. The number of carbonyl (C=O) groups is 1. The first-order chi connectivity index (χ1) is 7.79. The smallest absolute Gasteiger partial charge is 0.241 e. The van der Waals surface area contributed by atoms with Crippen molar-refractivity contribution in [3.63, 3.8) is 0 Å². The molecule has 0 saturated heterocycles. The quantitative estimate of drug-likeness (QED) is 0.834. The molecule has 0 fully saturated rings. The van der Waals surface area contributed by atoms with Crippen LogP contribution in [0.15, 0.2) is 40.9 Å². The monoisotopic (exact) mass is 236 g/mol. The molecule has 2 aromatic rings. The zero-order valence-electron chi connectivity index (χ0n) is 8.31. The number of hydrogen-bond acceptors (Lipinski definition) is 3. The SMILES string of the molecule is O=C(CCl)Nc1cc(-c2ccccc2)no1. The summed E-state index contributed by atoms with van der Waals surface area (Å²) in [6, 6.07) is 11.2. The molecule has 0 radical (unpaired) electrons. The normalized spacial score (nSPS) is 10.1. The number of hydrogen-bond donors (Lipinski definition) is 1. The Labute approximate surface area is 97.2 Å². The van der Waals surface area contributed by atoms with Crippen LogP contribution in [-0.2, 0) is 4.79 Å². The number of carbonyl (C=O) groups excluding carboxylic acids is 1. The van der Waals surface area contributed by atoms with Crippen LogP contribution in [0.4, 0.5) is 5.88 Å². The fourth-order valence-electron chi connectivity index (χ4n) is 1.25. The minimum Gasteiger partial charge on any atom is -0.338 e. The number of nitrogens with one attached hydrogen (secondary N) is 1. The first kappa shape index (κ1) is 10.7. The number of nitrogens with zero attached hydrogens (tertiary/aromatic N) is 1. The summed E-state index contributed by atoms with van der Waals surface area (Å²) in [5.41, 5.74) is 1.60. The van der Waals surface area contributed by atoms with Gasteiger partial charge in [-0.2, -0.15) is 0 Å². The summed E-state index contributed by atoms with van der Waals surface area (Å²) in [7, 11) is 0. The molecule has 0 bridgehead atoms.